The molecule has 1 fully saturated rings. The number of benzene rings is 1. The molecule has 1 aromatic rings. The van der Waals surface area contributed by atoms with Crippen LogP contribution in [0, 0.1) is 5.92 Å². The number of amides is 2. The summed E-state index contributed by atoms with van der Waals surface area (Å²) >= 11 is 1.79. The predicted octanol–water partition coefficient (Wildman–Crippen LogP) is 3.78. The predicted molar refractivity (Wildman–Crippen MR) is 93.4 cm³/mol. The minimum absolute atomic E-state index is 0.138. The summed E-state index contributed by atoms with van der Waals surface area (Å²) in [6, 6.07) is 8.09. The number of urea groups is 1. The van der Waals surface area contributed by atoms with Crippen molar-refractivity contribution < 1.29 is 9.90 Å². The van der Waals surface area contributed by atoms with Crippen LogP contribution < -0.4 is 10.6 Å². The van der Waals surface area contributed by atoms with E-state index < -0.39 is 0 Å². The summed E-state index contributed by atoms with van der Waals surface area (Å²) < 4.78 is 0. The lowest BCUT2D eigenvalue weighted by atomic mass is 9.87. The second-order valence-corrected chi connectivity index (χ2v) is 7.18. The Morgan fingerprint density at radius 3 is 2.73 bits per heavy atom. The highest BCUT2D eigenvalue weighted by atomic mass is 32.2. The van der Waals surface area contributed by atoms with Crippen LogP contribution in [0.1, 0.15) is 43.4 Å². The summed E-state index contributed by atoms with van der Waals surface area (Å²) in [5.74, 6) is 0.408. The zero-order chi connectivity index (χ0) is 15.9. The molecule has 0 saturated heterocycles. The molecular weight excluding hydrogens is 296 g/mol. The normalized spacial score (nSPS) is 22.9. The van der Waals surface area contributed by atoms with E-state index in [0.717, 1.165) is 31.4 Å². The van der Waals surface area contributed by atoms with Crippen molar-refractivity contribution in [3.8, 4) is 0 Å². The van der Waals surface area contributed by atoms with Crippen molar-refractivity contribution in [3.63, 3.8) is 0 Å². The van der Waals surface area contributed by atoms with Gasteiger partial charge >= 0.3 is 6.03 Å². The Morgan fingerprint density at radius 1 is 1.36 bits per heavy atom. The Labute approximate surface area is 137 Å². The molecule has 2 amide bonds. The number of hydrogen-bond donors (Lipinski definition) is 3. The van der Waals surface area contributed by atoms with Gasteiger partial charge < -0.3 is 15.7 Å². The fraction of sp³-hybridized carbons (Fsp3) is 0.588. The molecule has 1 aromatic carbocycles. The second-order valence-electron chi connectivity index (χ2n) is 6.00. The van der Waals surface area contributed by atoms with Gasteiger partial charge in [-0.1, -0.05) is 12.1 Å². The molecular formula is C17H26N2O2S. The largest absolute Gasteiger partial charge is 0.396 e. The van der Waals surface area contributed by atoms with Gasteiger partial charge in [0.2, 0.25) is 0 Å². The van der Waals surface area contributed by atoms with Crippen LogP contribution >= 0.6 is 11.8 Å². The van der Waals surface area contributed by atoms with E-state index in [2.05, 4.69) is 29.9 Å². The van der Waals surface area contributed by atoms with E-state index >= 15 is 0 Å². The number of aliphatic hydroxyl groups is 1. The van der Waals surface area contributed by atoms with Crippen LogP contribution in [0.4, 0.5) is 10.5 Å². The van der Waals surface area contributed by atoms with Gasteiger partial charge in [-0.25, -0.2) is 4.79 Å². The number of carbonyl (C=O) groups is 1. The average Bonchev–Trinajstić information content (AvgIpc) is 2.55. The van der Waals surface area contributed by atoms with Crippen LogP contribution in [0.5, 0.6) is 0 Å². The lowest BCUT2D eigenvalue weighted by Crippen LogP contribution is -2.40. The monoisotopic (exact) mass is 322 g/mol. The number of thioether (sulfide) groups is 1. The molecule has 0 bridgehead atoms. The van der Waals surface area contributed by atoms with Crippen LogP contribution in [0.3, 0.4) is 0 Å². The third kappa shape index (κ3) is 4.92. The van der Waals surface area contributed by atoms with Gasteiger partial charge in [0.25, 0.3) is 0 Å². The first-order valence-electron chi connectivity index (χ1n) is 7.93. The number of rotatable bonds is 5. The van der Waals surface area contributed by atoms with Gasteiger partial charge in [-0.3, -0.25) is 0 Å². The quantitative estimate of drug-likeness (QED) is 0.773. The smallest absolute Gasteiger partial charge is 0.319 e. The third-order valence-corrected chi connectivity index (χ3v) is 5.39. The van der Waals surface area contributed by atoms with Crippen LogP contribution in [-0.4, -0.2) is 30.0 Å². The highest BCUT2D eigenvalue weighted by Crippen LogP contribution is 2.27. The van der Waals surface area contributed by atoms with Gasteiger partial charge in [-0.2, -0.15) is 11.8 Å². The Bertz CT molecular complexity index is 487. The topological polar surface area (TPSA) is 61.4 Å². The van der Waals surface area contributed by atoms with Crippen LogP contribution in [-0.2, 0) is 0 Å². The van der Waals surface area contributed by atoms with Crippen molar-refractivity contribution in [1.29, 1.82) is 0 Å². The van der Waals surface area contributed by atoms with Crippen LogP contribution in [0.25, 0.3) is 0 Å². The Hall–Kier alpha value is -1.20. The highest BCUT2D eigenvalue weighted by Gasteiger charge is 2.21. The molecule has 0 spiro atoms. The van der Waals surface area contributed by atoms with Gasteiger partial charge in [-0.05, 0) is 62.5 Å². The Balaban J connectivity index is 1.84. The number of nitrogens with one attached hydrogen (secondary N) is 2. The van der Waals surface area contributed by atoms with Gasteiger partial charge in [0.1, 0.15) is 0 Å². The van der Waals surface area contributed by atoms with E-state index in [0.29, 0.717) is 11.2 Å². The summed E-state index contributed by atoms with van der Waals surface area (Å²) in [4.78, 5) is 12.1. The number of carbonyl (C=O) groups excluding carboxylic acids is 1. The number of hydrogen-bond acceptors (Lipinski definition) is 3. The molecule has 0 aliphatic heterocycles. The van der Waals surface area contributed by atoms with E-state index in [4.69, 9.17) is 5.11 Å². The first kappa shape index (κ1) is 17.2. The van der Waals surface area contributed by atoms with Crippen molar-refractivity contribution in [2.75, 3.05) is 18.2 Å². The lowest BCUT2D eigenvalue weighted by Gasteiger charge is -2.28. The van der Waals surface area contributed by atoms with Gasteiger partial charge in [-0.15, -0.1) is 0 Å². The molecule has 22 heavy (non-hydrogen) atoms. The summed E-state index contributed by atoms with van der Waals surface area (Å²) in [5.41, 5.74) is 2.05. The molecule has 122 valence electrons. The van der Waals surface area contributed by atoms with Gasteiger partial charge in [0, 0.05) is 23.6 Å². The van der Waals surface area contributed by atoms with Gasteiger partial charge in [0.15, 0.2) is 0 Å². The molecule has 1 saturated carbocycles. The molecule has 5 heteroatoms. The molecule has 1 atom stereocenters. The third-order valence-electron chi connectivity index (χ3n) is 4.41. The van der Waals surface area contributed by atoms with Gasteiger partial charge in [0.05, 0.1) is 0 Å². The summed E-state index contributed by atoms with van der Waals surface area (Å²) in [7, 11) is 0. The Morgan fingerprint density at radius 2 is 2.09 bits per heavy atom. The molecule has 0 aromatic heterocycles. The van der Waals surface area contributed by atoms with Crippen molar-refractivity contribution in [1.82, 2.24) is 5.32 Å². The van der Waals surface area contributed by atoms with Crippen LogP contribution in [0.2, 0.25) is 0 Å². The standard InChI is InChI=1S/C17H26N2O2S/c1-12(22-2)14-4-3-5-16(10-14)19-17(21)18-15-8-6-13(11-20)7-9-15/h3-5,10,12-13,15,20H,6-9,11H2,1-2H3,(H2,18,19,21)/t12-,13?,15?/m1/s1. The van der Waals surface area contributed by atoms with E-state index in [9.17, 15) is 4.79 Å². The average molecular weight is 322 g/mol. The summed E-state index contributed by atoms with van der Waals surface area (Å²) in [6.07, 6.45) is 5.95. The van der Waals surface area contributed by atoms with Crippen molar-refractivity contribution >= 4 is 23.5 Å². The van der Waals surface area contributed by atoms with E-state index in [1.165, 1.54) is 5.56 Å². The van der Waals surface area contributed by atoms with E-state index in [1.54, 1.807) is 11.8 Å². The first-order valence-corrected chi connectivity index (χ1v) is 9.22. The highest BCUT2D eigenvalue weighted by molar-refractivity contribution is 7.98. The first-order chi connectivity index (χ1) is 10.6. The van der Waals surface area contributed by atoms with E-state index in [-0.39, 0.29) is 18.7 Å². The lowest BCUT2D eigenvalue weighted by molar-refractivity contribution is 0.176. The molecule has 4 nitrogen and oxygen atoms in total. The number of aliphatic hydroxyl groups excluding tert-OH is 1. The van der Waals surface area contributed by atoms with Crippen molar-refractivity contribution in [2.45, 2.75) is 43.9 Å². The van der Waals surface area contributed by atoms with Crippen molar-refractivity contribution in [3.05, 3.63) is 29.8 Å². The zero-order valence-corrected chi connectivity index (χ0v) is 14.2. The SMILES string of the molecule is CS[C@H](C)c1cccc(NC(=O)NC2CCC(CO)CC2)c1. The molecule has 1 aliphatic carbocycles. The molecule has 0 radical (unpaired) electrons. The fourth-order valence-corrected chi connectivity index (χ4v) is 3.27. The minimum atomic E-state index is -0.138. The molecule has 3 N–H and O–H groups in total. The second kappa shape index (κ2) is 8.44. The summed E-state index contributed by atoms with van der Waals surface area (Å²) in [6.45, 7) is 2.42. The maximum Gasteiger partial charge on any atom is 0.319 e. The zero-order valence-electron chi connectivity index (χ0n) is 13.3. The maximum absolute atomic E-state index is 12.1. The summed E-state index contributed by atoms with van der Waals surface area (Å²) in [5, 5.41) is 15.5. The molecule has 0 unspecified atom stereocenters. The molecule has 0 heterocycles. The van der Waals surface area contributed by atoms with Crippen LogP contribution in [0.15, 0.2) is 24.3 Å². The Kier molecular flexibility index (Phi) is 6.58. The number of anilines is 1. The fourth-order valence-electron chi connectivity index (χ4n) is 2.85. The maximum atomic E-state index is 12.1. The molecule has 2 rings (SSSR count). The minimum Gasteiger partial charge on any atom is -0.396 e. The van der Waals surface area contributed by atoms with Crippen molar-refractivity contribution in [2.24, 2.45) is 5.92 Å². The van der Waals surface area contributed by atoms with E-state index in [1.807, 2.05) is 18.2 Å². The molecule has 1 aliphatic rings.